The van der Waals surface area contributed by atoms with Gasteiger partial charge in [0.15, 0.2) is 0 Å². The minimum absolute atomic E-state index is 0.170. The number of pyridine rings is 1. The maximum absolute atomic E-state index is 11.1. The summed E-state index contributed by atoms with van der Waals surface area (Å²) in [7, 11) is 0. The molecule has 172 valence electrons. The number of hydrogen-bond donors (Lipinski definition) is 1. The van der Waals surface area contributed by atoms with E-state index in [1.54, 1.807) is 16.8 Å². The molecule has 1 aliphatic carbocycles. The summed E-state index contributed by atoms with van der Waals surface area (Å²) in [5, 5.41) is 25.9. The van der Waals surface area contributed by atoms with Gasteiger partial charge in [-0.3, -0.25) is 4.98 Å². The highest BCUT2D eigenvalue weighted by molar-refractivity contribution is 5.78. The number of aldehydes is 1. The van der Waals surface area contributed by atoms with Crippen molar-refractivity contribution in [2.75, 3.05) is 5.32 Å². The fourth-order valence-electron chi connectivity index (χ4n) is 4.57. The summed E-state index contributed by atoms with van der Waals surface area (Å²) < 4.78 is 3.72. The third-order valence-electron chi connectivity index (χ3n) is 6.33. The highest BCUT2D eigenvalue weighted by Gasteiger charge is 2.24. The molecular weight excluding hydrogens is 428 g/mol. The summed E-state index contributed by atoms with van der Waals surface area (Å²) in [6, 6.07) is 10.3. The van der Waals surface area contributed by atoms with Crippen molar-refractivity contribution < 1.29 is 4.79 Å². The van der Waals surface area contributed by atoms with Crippen LogP contribution in [0.4, 0.5) is 5.69 Å². The second kappa shape index (κ2) is 9.06. The van der Waals surface area contributed by atoms with Crippen LogP contribution in [0.15, 0.2) is 42.9 Å². The molecule has 1 fully saturated rings. The van der Waals surface area contributed by atoms with Crippen LogP contribution in [0.3, 0.4) is 0 Å². The van der Waals surface area contributed by atoms with E-state index in [4.69, 9.17) is 10.2 Å². The first kappa shape index (κ1) is 21.8. The highest BCUT2D eigenvalue weighted by Crippen LogP contribution is 2.34. The van der Waals surface area contributed by atoms with Crippen molar-refractivity contribution in [1.82, 2.24) is 29.6 Å². The molecule has 4 aromatic rings. The first-order valence-electron chi connectivity index (χ1n) is 11.6. The lowest BCUT2D eigenvalue weighted by Crippen LogP contribution is -2.19. The van der Waals surface area contributed by atoms with Crippen LogP contribution in [0.2, 0.25) is 0 Å². The van der Waals surface area contributed by atoms with Gasteiger partial charge in [-0.25, -0.2) is 9.20 Å². The molecule has 4 heterocycles. The molecular formula is C25H26N8O. The highest BCUT2D eigenvalue weighted by atomic mass is 16.1. The van der Waals surface area contributed by atoms with E-state index in [9.17, 15) is 4.79 Å². The molecule has 5 rings (SSSR count). The maximum atomic E-state index is 11.1. The molecule has 9 nitrogen and oxygen atoms in total. The first-order chi connectivity index (χ1) is 16.6. The first-order valence-corrected chi connectivity index (χ1v) is 11.6. The predicted molar refractivity (Wildman–Crippen MR) is 128 cm³/mol. The van der Waals surface area contributed by atoms with Crippen molar-refractivity contribution in [1.29, 1.82) is 5.26 Å². The zero-order valence-corrected chi connectivity index (χ0v) is 19.2. The standard InChI is InChI=1S/C25H26N8O/c1-16(2)29-22-10-23(25-8-7-20-9-18(11-26)12-28-33(20)25)27-13-21(22)24-14-32(31-30-24)19-5-3-17(15-34)4-6-19/h7-10,12-17,19H,3-6H2,1-2H3,(H,27,29)/t17-,19-. The minimum Gasteiger partial charge on any atom is -0.382 e. The summed E-state index contributed by atoms with van der Waals surface area (Å²) in [4.78, 5) is 15.8. The Morgan fingerprint density at radius 3 is 2.71 bits per heavy atom. The van der Waals surface area contributed by atoms with Gasteiger partial charge in [-0.1, -0.05) is 5.21 Å². The Morgan fingerprint density at radius 1 is 1.15 bits per heavy atom. The summed E-state index contributed by atoms with van der Waals surface area (Å²) >= 11 is 0. The SMILES string of the molecule is CC(C)Nc1cc(-c2ccc3cc(C#N)cnn23)ncc1-c1cn([C@H]2CC[C@H](C=O)CC2)nn1. The fourth-order valence-corrected chi connectivity index (χ4v) is 4.57. The maximum Gasteiger partial charge on any atom is 0.123 e. The molecule has 0 amide bonds. The molecule has 1 saturated carbocycles. The van der Waals surface area contributed by atoms with Crippen LogP contribution in [-0.4, -0.2) is 41.9 Å². The van der Waals surface area contributed by atoms with E-state index in [0.717, 1.165) is 65.8 Å². The topological polar surface area (TPSA) is 114 Å². The van der Waals surface area contributed by atoms with Gasteiger partial charge in [-0.05, 0) is 63.8 Å². The smallest absolute Gasteiger partial charge is 0.123 e. The number of nitrogens with one attached hydrogen (secondary N) is 1. The Kier molecular flexibility index (Phi) is 5.80. The van der Waals surface area contributed by atoms with Gasteiger partial charge in [0.1, 0.15) is 18.0 Å². The van der Waals surface area contributed by atoms with Crippen LogP contribution in [0.25, 0.3) is 28.2 Å². The van der Waals surface area contributed by atoms with Gasteiger partial charge in [-0.2, -0.15) is 10.4 Å². The second-order valence-electron chi connectivity index (χ2n) is 9.11. The van der Waals surface area contributed by atoms with Gasteiger partial charge in [0, 0.05) is 29.4 Å². The number of rotatable bonds is 6. The predicted octanol–water partition coefficient (Wildman–Crippen LogP) is 4.28. The third-order valence-corrected chi connectivity index (χ3v) is 6.33. The van der Waals surface area contributed by atoms with Crippen LogP contribution >= 0.6 is 0 Å². The van der Waals surface area contributed by atoms with Crippen molar-refractivity contribution in [3.63, 3.8) is 0 Å². The third kappa shape index (κ3) is 4.15. The monoisotopic (exact) mass is 454 g/mol. The van der Waals surface area contributed by atoms with Gasteiger partial charge in [-0.15, -0.1) is 5.10 Å². The van der Waals surface area contributed by atoms with E-state index >= 15 is 0 Å². The lowest BCUT2D eigenvalue weighted by atomic mass is 9.87. The number of fused-ring (bicyclic) bond motifs is 1. The normalized spacial score (nSPS) is 18.2. The van der Waals surface area contributed by atoms with Gasteiger partial charge in [0.2, 0.25) is 0 Å². The summed E-state index contributed by atoms with van der Waals surface area (Å²) in [5.41, 5.74) is 5.52. The van der Waals surface area contributed by atoms with Crippen molar-refractivity contribution in [2.45, 2.75) is 51.6 Å². The summed E-state index contributed by atoms with van der Waals surface area (Å²) in [6.45, 7) is 4.17. The van der Waals surface area contributed by atoms with Crippen LogP contribution in [-0.2, 0) is 4.79 Å². The molecule has 0 aromatic carbocycles. The van der Waals surface area contributed by atoms with Gasteiger partial charge < -0.3 is 10.1 Å². The summed E-state index contributed by atoms with van der Waals surface area (Å²) in [5.74, 6) is 0.170. The molecule has 1 N–H and O–H groups in total. The van der Waals surface area contributed by atoms with Crippen molar-refractivity contribution >= 4 is 17.5 Å². The number of anilines is 1. The Morgan fingerprint density at radius 2 is 1.97 bits per heavy atom. The number of carbonyl (C=O) groups excluding carboxylic acids is 1. The Labute approximate surface area is 197 Å². The average Bonchev–Trinajstić information content (AvgIpc) is 3.51. The zero-order valence-electron chi connectivity index (χ0n) is 19.2. The van der Waals surface area contributed by atoms with E-state index in [2.05, 4.69) is 40.6 Å². The quantitative estimate of drug-likeness (QED) is 0.433. The van der Waals surface area contributed by atoms with E-state index in [1.165, 1.54) is 0 Å². The largest absolute Gasteiger partial charge is 0.382 e. The van der Waals surface area contributed by atoms with Gasteiger partial charge in [0.25, 0.3) is 0 Å². The second-order valence-corrected chi connectivity index (χ2v) is 9.11. The van der Waals surface area contributed by atoms with E-state index in [0.29, 0.717) is 5.56 Å². The fraction of sp³-hybridized carbons (Fsp3) is 0.360. The minimum atomic E-state index is 0.170. The Balaban J connectivity index is 1.48. The van der Waals surface area contributed by atoms with E-state index in [-0.39, 0.29) is 18.0 Å². The number of nitriles is 1. The van der Waals surface area contributed by atoms with Crippen LogP contribution in [0.5, 0.6) is 0 Å². The van der Waals surface area contributed by atoms with Crippen molar-refractivity contribution in [3.05, 3.63) is 48.4 Å². The molecule has 34 heavy (non-hydrogen) atoms. The van der Waals surface area contributed by atoms with Gasteiger partial charge >= 0.3 is 0 Å². The van der Waals surface area contributed by atoms with E-state index < -0.39 is 0 Å². The molecule has 9 heteroatoms. The average molecular weight is 455 g/mol. The molecule has 4 aromatic heterocycles. The zero-order chi connectivity index (χ0) is 23.7. The Bertz CT molecular complexity index is 1370. The molecule has 0 radical (unpaired) electrons. The molecule has 0 saturated heterocycles. The number of nitrogens with zero attached hydrogens (tertiary/aromatic N) is 7. The van der Waals surface area contributed by atoms with Crippen LogP contribution in [0, 0.1) is 17.2 Å². The molecule has 0 spiro atoms. The number of carbonyl (C=O) groups is 1. The summed E-state index contributed by atoms with van der Waals surface area (Å²) in [6.07, 6.45) is 10.1. The lowest BCUT2D eigenvalue weighted by molar-refractivity contribution is -0.112. The molecule has 0 bridgehead atoms. The lowest BCUT2D eigenvalue weighted by Gasteiger charge is -2.24. The molecule has 0 atom stereocenters. The molecule has 0 unspecified atom stereocenters. The molecule has 0 aliphatic heterocycles. The van der Waals surface area contributed by atoms with Gasteiger partial charge in [0.05, 0.1) is 40.9 Å². The van der Waals surface area contributed by atoms with Crippen LogP contribution in [0.1, 0.15) is 51.1 Å². The van der Waals surface area contributed by atoms with Crippen molar-refractivity contribution in [2.24, 2.45) is 5.92 Å². The molecule has 1 aliphatic rings. The Hall–Kier alpha value is -4.06. The number of aromatic nitrogens is 6. The number of hydrogen-bond acceptors (Lipinski definition) is 7. The van der Waals surface area contributed by atoms with Crippen molar-refractivity contribution in [3.8, 4) is 28.7 Å². The van der Waals surface area contributed by atoms with E-state index in [1.807, 2.05) is 35.3 Å². The van der Waals surface area contributed by atoms with Crippen LogP contribution < -0.4 is 5.32 Å².